The van der Waals surface area contributed by atoms with E-state index in [1.54, 1.807) is 6.07 Å². The molecule has 104 valence electrons. The highest BCUT2D eigenvalue weighted by molar-refractivity contribution is 7.24. The van der Waals surface area contributed by atoms with Crippen molar-refractivity contribution >= 4 is 65.0 Å². The fourth-order valence-corrected chi connectivity index (χ4v) is 4.09. The summed E-state index contributed by atoms with van der Waals surface area (Å²) in [7, 11) is 0. The molecule has 21 heavy (non-hydrogen) atoms. The minimum atomic E-state index is -0.257. The Balaban J connectivity index is 1.71. The zero-order chi connectivity index (χ0) is 14.4. The topological polar surface area (TPSA) is 37.8 Å². The van der Waals surface area contributed by atoms with E-state index >= 15 is 0 Å². The Morgan fingerprint density at radius 2 is 1.52 bits per heavy atom. The molecule has 0 bridgehead atoms. The van der Waals surface area contributed by atoms with Crippen LogP contribution in [0.1, 0.15) is 0 Å². The Morgan fingerprint density at radius 3 is 2.24 bits per heavy atom. The fraction of sp³-hybridized carbons (Fsp3) is 0. The van der Waals surface area contributed by atoms with Gasteiger partial charge in [-0.2, -0.15) is 0 Å². The lowest BCUT2D eigenvalue weighted by Gasteiger charge is -1.93. The number of thiazole rings is 2. The summed E-state index contributed by atoms with van der Waals surface area (Å²) in [6, 6.07) is 10.1. The molecule has 2 aromatic carbocycles. The van der Waals surface area contributed by atoms with Gasteiger partial charge in [-0.25, -0.2) is 14.4 Å². The highest BCUT2D eigenvalue weighted by Crippen LogP contribution is 2.33. The third-order valence-corrected chi connectivity index (χ3v) is 5.02. The standard InChI is InChI=1S/C14H7ClFN3S2/c15-7-1-3-9-11(5-7)20-13(17-9)19-14-18-10-4-2-8(16)6-12(10)21-14/h1-6H,(H,17,18,19). The smallest absolute Gasteiger partial charge is 0.190 e. The number of benzene rings is 2. The summed E-state index contributed by atoms with van der Waals surface area (Å²) in [4.78, 5) is 8.90. The van der Waals surface area contributed by atoms with Crippen LogP contribution < -0.4 is 5.32 Å². The van der Waals surface area contributed by atoms with Crippen molar-refractivity contribution in [3.8, 4) is 0 Å². The van der Waals surface area contributed by atoms with Crippen molar-refractivity contribution in [3.05, 3.63) is 47.2 Å². The molecule has 0 radical (unpaired) electrons. The van der Waals surface area contributed by atoms with E-state index < -0.39 is 0 Å². The van der Waals surface area contributed by atoms with Gasteiger partial charge in [-0.1, -0.05) is 34.3 Å². The molecular formula is C14H7ClFN3S2. The van der Waals surface area contributed by atoms with Gasteiger partial charge in [0.1, 0.15) is 5.82 Å². The van der Waals surface area contributed by atoms with Crippen LogP contribution in [0.5, 0.6) is 0 Å². The second-order valence-corrected chi connectivity index (χ2v) is 6.88. The molecule has 4 rings (SSSR count). The molecule has 0 unspecified atom stereocenters. The van der Waals surface area contributed by atoms with Gasteiger partial charge in [0.15, 0.2) is 10.3 Å². The summed E-state index contributed by atoms with van der Waals surface area (Å²) >= 11 is 8.87. The predicted molar refractivity (Wildman–Crippen MR) is 87.5 cm³/mol. The van der Waals surface area contributed by atoms with Crippen LogP contribution in [0.3, 0.4) is 0 Å². The Labute approximate surface area is 132 Å². The van der Waals surface area contributed by atoms with Crippen molar-refractivity contribution in [2.75, 3.05) is 5.32 Å². The SMILES string of the molecule is Fc1ccc2nc(Nc3nc4ccc(Cl)cc4s3)sc2c1. The normalized spacial score (nSPS) is 11.3. The van der Waals surface area contributed by atoms with Crippen molar-refractivity contribution in [2.24, 2.45) is 0 Å². The van der Waals surface area contributed by atoms with E-state index in [1.165, 1.54) is 34.8 Å². The largest absolute Gasteiger partial charge is 0.307 e. The number of hydrogen-bond donors (Lipinski definition) is 1. The lowest BCUT2D eigenvalue weighted by atomic mass is 10.3. The average Bonchev–Trinajstić information content (AvgIpc) is 3.00. The van der Waals surface area contributed by atoms with Crippen molar-refractivity contribution < 1.29 is 4.39 Å². The van der Waals surface area contributed by atoms with Crippen molar-refractivity contribution in [1.82, 2.24) is 9.97 Å². The number of halogens is 2. The molecule has 2 heterocycles. The van der Waals surface area contributed by atoms with Gasteiger partial charge >= 0.3 is 0 Å². The first-order valence-electron chi connectivity index (χ1n) is 6.06. The number of anilines is 2. The summed E-state index contributed by atoms with van der Waals surface area (Å²) in [5, 5.41) is 5.30. The number of nitrogens with zero attached hydrogens (tertiary/aromatic N) is 2. The molecule has 2 aromatic heterocycles. The Bertz CT molecular complexity index is 885. The van der Waals surface area contributed by atoms with Crippen LogP contribution >= 0.6 is 34.3 Å². The summed E-state index contributed by atoms with van der Waals surface area (Å²) in [6.45, 7) is 0. The van der Waals surface area contributed by atoms with Crippen LogP contribution in [0.25, 0.3) is 20.4 Å². The Hall–Kier alpha value is -1.76. The molecule has 3 nitrogen and oxygen atoms in total. The molecule has 0 aliphatic heterocycles. The summed E-state index contributed by atoms with van der Waals surface area (Å²) in [6.07, 6.45) is 0. The van der Waals surface area contributed by atoms with E-state index in [0.717, 1.165) is 25.6 Å². The molecule has 7 heteroatoms. The second kappa shape index (κ2) is 4.91. The molecule has 1 N–H and O–H groups in total. The summed E-state index contributed by atoms with van der Waals surface area (Å²) in [5.41, 5.74) is 1.66. The molecule has 0 spiro atoms. The van der Waals surface area contributed by atoms with Crippen LogP contribution in [-0.4, -0.2) is 9.97 Å². The molecule has 0 amide bonds. The van der Waals surface area contributed by atoms with Crippen LogP contribution in [0, 0.1) is 5.82 Å². The fourth-order valence-electron chi connectivity index (χ4n) is 2.00. The first kappa shape index (κ1) is 12.9. The molecule has 4 aromatic rings. The number of hydrogen-bond acceptors (Lipinski definition) is 5. The maximum Gasteiger partial charge on any atom is 0.190 e. The number of fused-ring (bicyclic) bond motifs is 2. The highest BCUT2D eigenvalue weighted by Gasteiger charge is 2.08. The molecule has 0 aliphatic rings. The van der Waals surface area contributed by atoms with Gasteiger partial charge in [0, 0.05) is 5.02 Å². The van der Waals surface area contributed by atoms with Gasteiger partial charge in [-0.05, 0) is 36.4 Å². The third kappa shape index (κ3) is 2.46. The summed E-state index contributed by atoms with van der Waals surface area (Å²) < 4.78 is 15.0. The van der Waals surface area contributed by atoms with Gasteiger partial charge in [0.25, 0.3) is 0 Å². The van der Waals surface area contributed by atoms with E-state index in [2.05, 4.69) is 15.3 Å². The lowest BCUT2D eigenvalue weighted by Crippen LogP contribution is -1.87. The summed E-state index contributed by atoms with van der Waals surface area (Å²) in [5.74, 6) is -0.257. The molecule has 0 aliphatic carbocycles. The number of rotatable bonds is 2. The highest BCUT2D eigenvalue weighted by atomic mass is 35.5. The van der Waals surface area contributed by atoms with Gasteiger partial charge in [0.2, 0.25) is 0 Å². The van der Waals surface area contributed by atoms with Gasteiger partial charge < -0.3 is 5.32 Å². The lowest BCUT2D eigenvalue weighted by molar-refractivity contribution is 0.630. The average molecular weight is 336 g/mol. The predicted octanol–water partition coefficient (Wildman–Crippen LogP) is 5.44. The van der Waals surface area contributed by atoms with Crippen molar-refractivity contribution in [3.63, 3.8) is 0 Å². The van der Waals surface area contributed by atoms with Crippen molar-refractivity contribution in [1.29, 1.82) is 0 Å². The monoisotopic (exact) mass is 335 g/mol. The first-order valence-corrected chi connectivity index (χ1v) is 8.08. The maximum atomic E-state index is 13.2. The second-order valence-electron chi connectivity index (χ2n) is 4.39. The number of nitrogens with one attached hydrogen (secondary N) is 1. The first-order chi connectivity index (χ1) is 10.2. The third-order valence-electron chi connectivity index (χ3n) is 2.91. The maximum absolute atomic E-state index is 13.2. The minimum absolute atomic E-state index is 0.257. The van der Waals surface area contributed by atoms with Crippen LogP contribution in [0.2, 0.25) is 5.02 Å². The van der Waals surface area contributed by atoms with Gasteiger partial charge in [0.05, 0.1) is 20.4 Å². The zero-order valence-electron chi connectivity index (χ0n) is 10.4. The van der Waals surface area contributed by atoms with Gasteiger partial charge in [-0.3, -0.25) is 0 Å². The Kier molecular flexibility index (Phi) is 3.02. The van der Waals surface area contributed by atoms with E-state index in [1.807, 2.05) is 18.2 Å². The molecule has 0 atom stereocenters. The van der Waals surface area contributed by atoms with Gasteiger partial charge in [-0.15, -0.1) is 0 Å². The molecule has 0 fully saturated rings. The molecule has 0 saturated carbocycles. The van der Waals surface area contributed by atoms with Crippen LogP contribution in [0.15, 0.2) is 36.4 Å². The molecule has 0 saturated heterocycles. The van der Waals surface area contributed by atoms with E-state index in [9.17, 15) is 4.39 Å². The zero-order valence-corrected chi connectivity index (χ0v) is 12.8. The van der Waals surface area contributed by atoms with E-state index in [4.69, 9.17) is 11.6 Å². The van der Waals surface area contributed by atoms with Crippen molar-refractivity contribution in [2.45, 2.75) is 0 Å². The Morgan fingerprint density at radius 1 is 0.905 bits per heavy atom. The van der Waals surface area contributed by atoms with E-state index in [0.29, 0.717) is 10.2 Å². The quantitative estimate of drug-likeness (QED) is 0.530. The van der Waals surface area contributed by atoms with Crippen LogP contribution in [-0.2, 0) is 0 Å². The molecular weight excluding hydrogens is 329 g/mol. The van der Waals surface area contributed by atoms with E-state index in [-0.39, 0.29) is 5.82 Å². The van der Waals surface area contributed by atoms with Crippen LogP contribution in [0.4, 0.5) is 14.7 Å². The minimum Gasteiger partial charge on any atom is -0.307 e. The number of aromatic nitrogens is 2.